The van der Waals surface area contributed by atoms with E-state index in [1.165, 1.54) is 5.56 Å². The molecule has 108 valence electrons. The molecule has 3 rings (SSSR count). The van der Waals surface area contributed by atoms with Crippen molar-refractivity contribution in [1.82, 2.24) is 4.90 Å². The van der Waals surface area contributed by atoms with Crippen molar-refractivity contribution < 1.29 is 14.3 Å². The topological polar surface area (TPSA) is 38.8 Å². The molecule has 0 bridgehead atoms. The highest BCUT2D eigenvalue weighted by atomic mass is 16.5. The lowest BCUT2D eigenvalue weighted by atomic mass is 10.0. The Morgan fingerprint density at radius 3 is 2.80 bits per heavy atom. The van der Waals surface area contributed by atoms with Crippen molar-refractivity contribution in [1.29, 1.82) is 0 Å². The zero-order valence-electron chi connectivity index (χ0n) is 12.0. The minimum Gasteiger partial charge on any atom is -0.484 e. The summed E-state index contributed by atoms with van der Waals surface area (Å²) in [5.41, 5.74) is 1.18. The summed E-state index contributed by atoms with van der Waals surface area (Å²) in [6.07, 6.45) is 1.63. The van der Waals surface area contributed by atoms with Gasteiger partial charge in [-0.1, -0.05) is 17.7 Å². The molecule has 0 aliphatic carbocycles. The number of rotatable bonds is 3. The Labute approximate surface area is 119 Å². The quantitative estimate of drug-likeness (QED) is 0.847. The van der Waals surface area contributed by atoms with E-state index < -0.39 is 0 Å². The van der Waals surface area contributed by atoms with Gasteiger partial charge in [0.2, 0.25) is 0 Å². The van der Waals surface area contributed by atoms with Gasteiger partial charge in [-0.3, -0.25) is 4.79 Å². The molecule has 1 aromatic rings. The minimum atomic E-state index is 0.0521. The Balaban J connectivity index is 1.50. The van der Waals surface area contributed by atoms with Gasteiger partial charge in [0.25, 0.3) is 5.91 Å². The standard InChI is InChI=1S/C16H21NO3/c1-11-3-5-14(6-4-11)19-10-16(18)17-8-13-7-12(2)20-15(13)9-17/h3-6,12-13,15H,7-10H2,1-2H3/t12-,13+,15-/m1/s1. The smallest absolute Gasteiger partial charge is 0.260 e. The molecular formula is C16H21NO3. The third-order valence-corrected chi connectivity index (χ3v) is 4.16. The molecule has 2 aliphatic heterocycles. The molecule has 3 atom stereocenters. The fraction of sp³-hybridized carbons (Fsp3) is 0.562. The van der Waals surface area contributed by atoms with Crippen molar-refractivity contribution in [3.05, 3.63) is 29.8 Å². The first-order chi connectivity index (χ1) is 9.61. The second kappa shape index (κ2) is 5.44. The van der Waals surface area contributed by atoms with E-state index in [4.69, 9.17) is 9.47 Å². The summed E-state index contributed by atoms with van der Waals surface area (Å²) in [4.78, 5) is 14.0. The maximum atomic E-state index is 12.1. The van der Waals surface area contributed by atoms with Gasteiger partial charge in [-0.25, -0.2) is 0 Å². The number of amides is 1. The summed E-state index contributed by atoms with van der Waals surface area (Å²) in [7, 11) is 0. The number of carbonyl (C=O) groups excluding carboxylic acids is 1. The van der Waals surface area contributed by atoms with Crippen molar-refractivity contribution in [3.8, 4) is 5.75 Å². The maximum absolute atomic E-state index is 12.1. The second-order valence-electron chi connectivity index (χ2n) is 5.88. The van der Waals surface area contributed by atoms with Crippen LogP contribution in [-0.4, -0.2) is 42.7 Å². The summed E-state index contributed by atoms with van der Waals surface area (Å²) in [5, 5.41) is 0. The molecule has 0 unspecified atom stereocenters. The number of carbonyl (C=O) groups is 1. The van der Waals surface area contributed by atoms with Crippen molar-refractivity contribution >= 4 is 5.91 Å². The molecule has 0 saturated carbocycles. The van der Waals surface area contributed by atoms with Gasteiger partial charge in [0, 0.05) is 19.0 Å². The average Bonchev–Trinajstić information content (AvgIpc) is 2.95. The number of benzene rings is 1. The number of hydrogen-bond donors (Lipinski definition) is 0. The van der Waals surface area contributed by atoms with Gasteiger partial charge < -0.3 is 14.4 Å². The Kier molecular flexibility index (Phi) is 3.66. The molecule has 2 saturated heterocycles. The van der Waals surface area contributed by atoms with E-state index >= 15 is 0 Å². The van der Waals surface area contributed by atoms with Gasteiger partial charge in [-0.2, -0.15) is 0 Å². The van der Waals surface area contributed by atoms with Crippen molar-refractivity contribution in [3.63, 3.8) is 0 Å². The predicted octanol–water partition coefficient (Wildman–Crippen LogP) is 2.01. The summed E-state index contributed by atoms with van der Waals surface area (Å²) < 4.78 is 11.4. The molecule has 4 nitrogen and oxygen atoms in total. The van der Waals surface area contributed by atoms with Gasteiger partial charge in [-0.05, 0) is 32.4 Å². The fourth-order valence-corrected chi connectivity index (χ4v) is 3.08. The summed E-state index contributed by atoms with van der Waals surface area (Å²) in [6.45, 7) is 5.76. The number of likely N-dealkylation sites (tertiary alicyclic amines) is 1. The van der Waals surface area contributed by atoms with Crippen LogP contribution in [0.3, 0.4) is 0 Å². The third-order valence-electron chi connectivity index (χ3n) is 4.16. The molecule has 2 aliphatic rings. The van der Waals surface area contributed by atoms with Crippen LogP contribution in [0.15, 0.2) is 24.3 Å². The Bertz CT molecular complexity index is 471. The van der Waals surface area contributed by atoms with Crippen molar-refractivity contribution in [2.45, 2.75) is 32.5 Å². The van der Waals surface area contributed by atoms with E-state index in [-0.39, 0.29) is 18.6 Å². The molecule has 0 aromatic heterocycles. The Morgan fingerprint density at radius 2 is 2.10 bits per heavy atom. The van der Waals surface area contributed by atoms with E-state index in [0.29, 0.717) is 18.6 Å². The zero-order chi connectivity index (χ0) is 14.1. The molecule has 1 aromatic carbocycles. The first-order valence-corrected chi connectivity index (χ1v) is 7.24. The first kappa shape index (κ1) is 13.4. The molecule has 0 N–H and O–H groups in total. The molecule has 2 fully saturated rings. The monoisotopic (exact) mass is 275 g/mol. The van der Waals surface area contributed by atoms with E-state index in [2.05, 4.69) is 6.92 Å². The van der Waals surface area contributed by atoms with Crippen LogP contribution in [0.2, 0.25) is 0 Å². The van der Waals surface area contributed by atoms with Gasteiger partial charge in [0.1, 0.15) is 5.75 Å². The van der Waals surface area contributed by atoms with Crippen LogP contribution in [0.1, 0.15) is 18.9 Å². The average molecular weight is 275 g/mol. The summed E-state index contributed by atoms with van der Waals surface area (Å²) >= 11 is 0. The largest absolute Gasteiger partial charge is 0.484 e. The number of fused-ring (bicyclic) bond motifs is 1. The SMILES string of the molecule is Cc1ccc(OCC(=O)N2C[C@@H]3C[C@@H](C)O[C@@H]3C2)cc1. The van der Waals surface area contributed by atoms with Crippen LogP contribution in [0, 0.1) is 12.8 Å². The molecule has 1 amide bonds. The van der Waals surface area contributed by atoms with Crippen molar-refractivity contribution in [2.24, 2.45) is 5.92 Å². The fourth-order valence-electron chi connectivity index (χ4n) is 3.08. The number of ether oxygens (including phenoxy) is 2. The van der Waals surface area contributed by atoms with E-state index in [0.717, 1.165) is 18.7 Å². The Morgan fingerprint density at radius 1 is 1.35 bits per heavy atom. The second-order valence-corrected chi connectivity index (χ2v) is 5.88. The number of nitrogens with zero attached hydrogens (tertiary/aromatic N) is 1. The molecule has 20 heavy (non-hydrogen) atoms. The third kappa shape index (κ3) is 2.80. The summed E-state index contributed by atoms with van der Waals surface area (Å²) in [5.74, 6) is 1.30. The van der Waals surface area contributed by atoms with Crippen molar-refractivity contribution in [2.75, 3.05) is 19.7 Å². The minimum absolute atomic E-state index is 0.0521. The number of aryl methyl sites for hydroxylation is 1. The highest BCUT2D eigenvalue weighted by molar-refractivity contribution is 5.78. The van der Waals surface area contributed by atoms with Gasteiger partial charge in [-0.15, -0.1) is 0 Å². The predicted molar refractivity (Wildman–Crippen MR) is 75.7 cm³/mol. The van der Waals surface area contributed by atoms with E-state index in [9.17, 15) is 4.79 Å². The first-order valence-electron chi connectivity index (χ1n) is 7.24. The van der Waals surface area contributed by atoms with E-state index in [1.807, 2.05) is 36.1 Å². The van der Waals surface area contributed by atoms with Gasteiger partial charge >= 0.3 is 0 Å². The molecule has 2 heterocycles. The lowest BCUT2D eigenvalue weighted by Crippen LogP contribution is -2.34. The lowest BCUT2D eigenvalue weighted by Gasteiger charge is -2.18. The highest BCUT2D eigenvalue weighted by Gasteiger charge is 2.41. The maximum Gasteiger partial charge on any atom is 0.260 e. The molecular weight excluding hydrogens is 254 g/mol. The Hall–Kier alpha value is -1.55. The zero-order valence-corrected chi connectivity index (χ0v) is 12.0. The normalized spacial score (nSPS) is 28.5. The van der Waals surface area contributed by atoms with Gasteiger partial charge in [0.15, 0.2) is 6.61 Å². The van der Waals surface area contributed by atoms with Crippen LogP contribution in [0.4, 0.5) is 0 Å². The lowest BCUT2D eigenvalue weighted by molar-refractivity contribution is -0.133. The molecule has 0 spiro atoms. The molecule has 4 heteroatoms. The van der Waals surface area contributed by atoms with E-state index in [1.54, 1.807) is 0 Å². The molecule has 0 radical (unpaired) electrons. The van der Waals surface area contributed by atoms with Crippen LogP contribution in [0.5, 0.6) is 5.75 Å². The number of hydrogen-bond acceptors (Lipinski definition) is 3. The van der Waals surface area contributed by atoms with Crippen LogP contribution in [0.25, 0.3) is 0 Å². The highest BCUT2D eigenvalue weighted by Crippen LogP contribution is 2.32. The van der Waals surface area contributed by atoms with Crippen LogP contribution < -0.4 is 4.74 Å². The van der Waals surface area contributed by atoms with Crippen LogP contribution >= 0.6 is 0 Å². The van der Waals surface area contributed by atoms with Crippen LogP contribution in [-0.2, 0) is 9.53 Å². The summed E-state index contributed by atoms with van der Waals surface area (Å²) in [6, 6.07) is 7.75. The van der Waals surface area contributed by atoms with Gasteiger partial charge in [0.05, 0.1) is 12.2 Å².